The minimum absolute atomic E-state index is 0.0393. The van der Waals surface area contributed by atoms with Gasteiger partial charge >= 0.3 is 6.18 Å². The molecule has 2 aromatic rings. The fourth-order valence-corrected chi connectivity index (χ4v) is 1.71. The molecule has 0 atom stereocenters. The Morgan fingerprint density at radius 1 is 1.20 bits per heavy atom. The summed E-state index contributed by atoms with van der Waals surface area (Å²) in [6, 6.07) is 5.32. The molecule has 6 heteroatoms. The van der Waals surface area contributed by atoms with Gasteiger partial charge in [0.05, 0.1) is 5.56 Å². The average molecular weight is 282 g/mol. The lowest BCUT2D eigenvalue weighted by molar-refractivity contribution is -0.138. The molecule has 0 unspecified atom stereocenters. The van der Waals surface area contributed by atoms with Crippen molar-refractivity contribution in [3.05, 3.63) is 53.3 Å². The summed E-state index contributed by atoms with van der Waals surface area (Å²) in [6.45, 7) is 1.75. The summed E-state index contributed by atoms with van der Waals surface area (Å²) in [7, 11) is 0. The van der Waals surface area contributed by atoms with Crippen LogP contribution in [0.2, 0.25) is 0 Å². The Balaban J connectivity index is 2.44. The second kappa shape index (κ2) is 5.50. The van der Waals surface area contributed by atoms with Gasteiger partial charge in [0, 0.05) is 24.5 Å². The van der Waals surface area contributed by atoms with Gasteiger partial charge in [0.1, 0.15) is 11.5 Å². The molecule has 106 valence electrons. The molecule has 20 heavy (non-hydrogen) atoms. The normalized spacial score (nSPS) is 11.4. The fraction of sp³-hybridized carbons (Fsp3) is 0.214. The maximum absolute atomic E-state index is 13.0. The second-order valence-electron chi connectivity index (χ2n) is 4.28. The Labute approximate surface area is 114 Å². The molecule has 0 saturated heterocycles. The molecule has 1 aromatic carbocycles. The number of rotatable bonds is 3. The molecular formula is C14H13F3N2O. The largest absolute Gasteiger partial charge is 0.456 e. The topological polar surface area (TPSA) is 48.1 Å². The highest BCUT2D eigenvalue weighted by molar-refractivity contribution is 5.43. The lowest BCUT2D eigenvalue weighted by atomic mass is 10.1. The van der Waals surface area contributed by atoms with Gasteiger partial charge in [-0.25, -0.2) is 0 Å². The Bertz CT molecular complexity index is 612. The van der Waals surface area contributed by atoms with E-state index >= 15 is 0 Å². The Morgan fingerprint density at radius 2 is 1.95 bits per heavy atom. The number of ether oxygens (including phenoxy) is 1. The van der Waals surface area contributed by atoms with Crippen LogP contribution in [0.25, 0.3) is 0 Å². The highest BCUT2D eigenvalue weighted by Gasteiger charge is 2.34. The van der Waals surface area contributed by atoms with Crippen molar-refractivity contribution in [2.24, 2.45) is 5.73 Å². The fourth-order valence-electron chi connectivity index (χ4n) is 1.71. The summed E-state index contributed by atoms with van der Waals surface area (Å²) < 4.78 is 44.5. The van der Waals surface area contributed by atoms with Gasteiger partial charge in [-0.3, -0.25) is 4.98 Å². The van der Waals surface area contributed by atoms with Crippen LogP contribution in [0.3, 0.4) is 0 Å². The summed E-state index contributed by atoms with van der Waals surface area (Å²) in [6.07, 6.45) is -1.51. The van der Waals surface area contributed by atoms with Crippen LogP contribution in [0, 0.1) is 6.92 Å². The van der Waals surface area contributed by atoms with E-state index in [-0.39, 0.29) is 12.3 Å². The molecule has 0 radical (unpaired) electrons. The molecular weight excluding hydrogens is 269 g/mol. The number of aryl methyl sites for hydroxylation is 1. The Kier molecular flexibility index (Phi) is 3.94. The monoisotopic (exact) mass is 282 g/mol. The molecule has 2 rings (SSSR count). The van der Waals surface area contributed by atoms with Gasteiger partial charge in [-0.15, -0.1) is 0 Å². The van der Waals surface area contributed by atoms with E-state index in [4.69, 9.17) is 10.5 Å². The van der Waals surface area contributed by atoms with Gasteiger partial charge in [0.25, 0.3) is 0 Å². The molecule has 0 fully saturated rings. The zero-order valence-corrected chi connectivity index (χ0v) is 10.7. The summed E-state index contributed by atoms with van der Waals surface area (Å²) in [5.74, 6) is 0.0926. The summed E-state index contributed by atoms with van der Waals surface area (Å²) in [5.41, 5.74) is 5.59. The van der Waals surface area contributed by atoms with Crippen molar-refractivity contribution in [3.63, 3.8) is 0 Å². The third-order valence-electron chi connectivity index (χ3n) is 2.77. The zero-order valence-electron chi connectivity index (χ0n) is 10.7. The first-order chi connectivity index (χ1) is 9.41. The number of benzene rings is 1. The van der Waals surface area contributed by atoms with Gasteiger partial charge in [0.15, 0.2) is 0 Å². The van der Waals surface area contributed by atoms with E-state index in [0.29, 0.717) is 16.9 Å². The van der Waals surface area contributed by atoms with Crippen LogP contribution in [-0.2, 0) is 12.7 Å². The lowest BCUT2D eigenvalue weighted by Gasteiger charge is -2.15. The number of halogens is 3. The van der Waals surface area contributed by atoms with E-state index in [9.17, 15) is 13.2 Å². The standard InChI is InChI=1S/C14H13F3N2O/c1-9-8-19-5-4-12(9)20-13-3-2-10(7-18)6-11(13)14(15,16)17/h2-6,8H,7,18H2,1H3. The van der Waals surface area contributed by atoms with E-state index in [1.165, 1.54) is 30.6 Å². The van der Waals surface area contributed by atoms with Crippen LogP contribution in [0.15, 0.2) is 36.7 Å². The number of hydrogen-bond donors (Lipinski definition) is 1. The van der Waals surface area contributed by atoms with Crippen molar-refractivity contribution in [1.82, 2.24) is 4.98 Å². The molecule has 3 nitrogen and oxygen atoms in total. The molecule has 0 bridgehead atoms. The van der Waals surface area contributed by atoms with E-state index in [1.54, 1.807) is 6.92 Å². The minimum atomic E-state index is -4.50. The van der Waals surface area contributed by atoms with Crippen LogP contribution in [0.4, 0.5) is 13.2 Å². The molecule has 0 saturated carbocycles. The smallest absolute Gasteiger partial charge is 0.419 e. The summed E-state index contributed by atoms with van der Waals surface area (Å²) in [4.78, 5) is 3.87. The first kappa shape index (κ1) is 14.3. The van der Waals surface area contributed by atoms with E-state index in [2.05, 4.69) is 4.98 Å². The van der Waals surface area contributed by atoms with Gasteiger partial charge in [-0.1, -0.05) is 6.07 Å². The molecule has 0 amide bonds. The molecule has 2 N–H and O–H groups in total. The maximum atomic E-state index is 13.0. The van der Waals surface area contributed by atoms with Gasteiger partial charge in [0.2, 0.25) is 0 Å². The number of aromatic nitrogens is 1. The zero-order chi connectivity index (χ0) is 14.8. The van der Waals surface area contributed by atoms with Crippen molar-refractivity contribution in [3.8, 4) is 11.5 Å². The van der Waals surface area contributed by atoms with Gasteiger partial charge in [-0.05, 0) is 30.7 Å². The number of nitrogens with zero attached hydrogens (tertiary/aromatic N) is 1. The van der Waals surface area contributed by atoms with E-state index in [1.807, 2.05) is 0 Å². The van der Waals surface area contributed by atoms with Gasteiger partial charge < -0.3 is 10.5 Å². The molecule has 1 aromatic heterocycles. The SMILES string of the molecule is Cc1cnccc1Oc1ccc(CN)cc1C(F)(F)F. The maximum Gasteiger partial charge on any atom is 0.419 e. The van der Waals surface area contributed by atoms with E-state index < -0.39 is 11.7 Å². The molecule has 0 aliphatic heterocycles. The quantitative estimate of drug-likeness (QED) is 0.934. The van der Waals surface area contributed by atoms with Crippen molar-refractivity contribution < 1.29 is 17.9 Å². The molecule has 0 aliphatic rings. The third-order valence-corrected chi connectivity index (χ3v) is 2.77. The summed E-state index contributed by atoms with van der Waals surface area (Å²) in [5, 5.41) is 0. The van der Waals surface area contributed by atoms with Crippen LogP contribution < -0.4 is 10.5 Å². The van der Waals surface area contributed by atoms with Gasteiger partial charge in [-0.2, -0.15) is 13.2 Å². The highest BCUT2D eigenvalue weighted by atomic mass is 19.4. The third kappa shape index (κ3) is 3.08. The first-order valence-electron chi connectivity index (χ1n) is 5.90. The predicted molar refractivity (Wildman–Crippen MR) is 68.4 cm³/mol. The Hall–Kier alpha value is -2.08. The van der Waals surface area contributed by atoms with Crippen molar-refractivity contribution in [2.45, 2.75) is 19.6 Å². The number of hydrogen-bond acceptors (Lipinski definition) is 3. The molecule has 0 aliphatic carbocycles. The number of nitrogens with two attached hydrogens (primary N) is 1. The van der Waals surface area contributed by atoms with E-state index in [0.717, 1.165) is 6.07 Å². The lowest BCUT2D eigenvalue weighted by Crippen LogP contribution is -2.09. The number of pyridine rings is 1. The average Bonchev–Trinajstić information content (AvgIpc) is 2.40. The van der Waals surface area contributed by atoms with Crippen LogP contribution in [0.1, 0.15) is 16.7 Å². The van der Waals surface area contributed by atoms with Crippen LogP contribution in [-0.4, -0.2) is 4.98 Å². The number of alkyl halides is 3. The first-order valence-corrected chi connectivity index (χ1v) is 5.90. The highest BCUT2D eigenvalue weighted by Crippen LogP contribution is 2.39. The molecule has 0 spiro atoms. The Morgan fingerprint density at radius 3 is 2.55 bits per heavy atom. The predicted octanol–water partition coefficient (Wildman–Crippen LogP) is 3.66. The van der Waals surface area contributed by atoms with Crippen LogP contribution >= 0.6 is 0 Å². The molecule has 1 heterocycles. The van der Waals surface area contributed by atoms with Crippen molar-refractivity contribution in [1.29, 1.82) is 0 Å². The summed E-state index contributed by atoms with van der Waals surface area (Å²) >= 11 is 0. The van der Waals surface area contributed by atoms with Crippen molar-refractivity contribution in [2.75, 3.05) is 0 Å². The second-order valence-corrected chi connectivity index (χ2v) is 4.28. The minimum Gasteiger partial charge on any atom is -0.456 e. The van der Waals surface area contributed by atoms with Crippen LogP contribution in [0.5, 0.6) is 11.5 Å². The van der Waals surface area contributed by atoms with Crippen molar-refractivity contribution >= 4 is 0 Å².